The highest BCUT2D eigenvalue weighted by Crippen LogP contribution is 2.23. The predicted molar refractivity (Wildman–Crippen MR) is 77.2 cm³/mol. The molecule has 1 aliphatic heterocycles. The van der Waals surface area contributed by atoms with Crippen molar-refractivity contribution in [2.24, 2.45) is 5.92 Å². The molecule has 0 amide bonds. The fourth-order valence-electron chi connectivity index (χ4n) is 2.93. The summed E-state index contributed by atoms with van der Waals surface area (Å²) in [5, 5.41) is 3.49. The number of hydrogen-bond acceptors (Lipinski definition) is 3. The molecule has 1 aliphatic rings. The molecule has 102 valence electrons. The topological polar surface area (TPSA) is 42.7 Å². The van der Waals surface area contributed by atoms with Crippen LogP contribution in [0.2, 0.25) is 0 Å². The van der Waals surface area contributed by atoms with Gasteiger partial charge in [0, 0.05) is 18.7 Å². The van der Waals surface area contributed by atoms with Gasteiger partial charge in [-0.05, 0) is 44.0 Å². The molecule has 0 spiro atoms. The van der Waals surface area contributed by atoms with Crippen LogP contribution in [-0.4, -0.2) is 27.6 Å². The third kappa shape index (κ3) is 2.50. The standard InChI is InChI=1S/C15H22N4/c1-11(2)14-18-13-6-4-8-17-15(13)19(14)10-12-5-3-7-16-9-12/h4,6,8,11-12,16H,3,5,7,9-10H2,1-2H3. The van der Waals surface area contributed by atoms with Gasteiger partial charge in [0.1, 0.15) is 11.3 Å². The van der Waals surface area contributed by atoms with Gasteiger partial charge in [-0.15, -0.1) is 0 Å². The third-order valence-corrected chi connectivity index (χ3v) is 3.89. The van der Waals surface area contributed by atoms with Crippen LogP contribution < -0.4 is 5.32 Å². The van der Waals surface area contributed by atoms with Gasteiger partial charge in [0.15, 0.2) is 5.65 Å². The smallest absolute Gasteiger partial charge is 0.160 e. The lowest BCUT2D eigenvalue weighted by molar-refractivity contribution is 0.335. The van der Waals surface area contributed by atoms with Gasteiger partial charge in [0.2, 0.25) is 0 Å². The molecule has 0 saturated carbocycles. The van der Waals surface area contributed by atoms with Gasteiger partial charge < -0.3 is 9.88 Å². The quantitative estimate of drug-likeness (QED) is 0.920. The summed E-state index contributed by atoms with van der Waals surface area (Å²) in [6.45, 7) is 7.72. The van der Waals surface area contributed by atoms with Crippen LogP contribution in [0, 0.1) is 5.92 Å². The molecule has 1 N–H and O–H groups in total. The van der Waals surface area contributed by atoms with Crippen molar-refractivity contribution in [3.05, 3.63) is 24.2 Å². The molecule has 0 aliphatic carbocycles. The maximum atomic E-state index is 4.76. The number of pyridine rings is 1. The normalized spacial score (nSPS) is 20.3. The molecule has 2 aromatic rings. The van der Waals surface area contributed by atoms with Crippen molar-refractivity contribution in [3.8, 4) is 0 Å². The second-order valence-electron chi connectivity index (χ2n) is 5.79. The van der Waals surface area contributed by atoms with E-state index in [0.717, 1.165) is 30.8 Å². The monoisotopic (exact) mass is 258 g/mol. The van der Waals surface area contributed by atoms with Gasteiger partial charge >= 0.3 is 0 Å². The molecular formula is C15H22N4. The molecule has 0 radical (unpaired) electrons. The fraction of sp³-hybridized carbons (Fsp3) is 0.600. The van der Waals surface area contributed by atoms with E-state index in [1.165, 1.54) is 18.7 Å². The largest absolute Gasteiger partial charge is 0.316 e. The summed E-state index contributed by atoms with van der Waals surface area (Å²) in [6.07, 6.45) is 4.45. The average Bonchev–Trinajstić information content (AvgIpc) is 2.79. The van der Waals surface area contributed by atoms with Crippen LogP contribution >= 0.6 is 0 Å². The first-order chi connectivity index (χ1) is 9.25. The highest BCUT2D eigenvalue weighted by molar-refractivity contribution is 5.71. The SMILES string of the molecule is CC(C)c1nc2cccnc2n1CC1CCCNC1. The second kappa shape index (κ2) is 5.29. The number of fused-ring (bicyclic) bond motifs is 1. The van der Waals surface area contributed by atoms with Crippen LogP contribution in [0.1, 0.15) is 38.4 Å². The predicted octanol–water partition coefficient (Wildman–Crippen LogP) is 2.55. The number of hydrogen-bond donors (Lipinski definition) is 1. The van der Waals surface area contributed by atoms with E-state index in [1.807, 2.05) is 12.3 Å². The molecule has 1 unspecified atom stereocenters. The molecule has 1 fully saturated rings. The van der Waals surface area contributed by atoms with E-state index in [2.05, 4.69) is 34.8 Å². The number of rotatable bonds is 3. The van der Waals surface area contributed by atoms with Crippen molar-refractivity contribution in [2.75, 3.05) is 13.1 Å². The zero-order valence-corrected chi connectivity index (χ0v) is 11.8. The Morgan fingerprint density at radius 1 is 1.47 bits per heavy atom. The Balaban J connectivity index is 1.97. The minimum atomic E-state index is 0.436. The van der Waals surface area contributed by atoms with Crippen molar-refractivity contribution in [2.45, 2.75) is 39.2 Å². The van der Waals surface area contributed by atoms with Crippen LogP contribution in [0.5, 0.6) is 0 Å². The Labute approximate surface area is 114 Å². The maximum absolute atomic E-state index is 4.76. The lowest BCUT2D eigenvalue weighted by Crippen LogP contribution is -2.32. The first-order valence-corrected chi connectivity index (χ1v) is 7.27. The van der Waals surface area contributed by atoms with E-state index < -0.39 is 0 Å². The maximum Gasteiger partial charge on any atom is 0.160 e. The zero-order valence-electron chi connectivity index (χ0n) is 11.8. The van der Waals surface area contributed by atoms with Crippen LogP contribution in [0.4, 0.5) is 0 Å². The molecule has 19 heavy (non-hydrogen) atoms. The summed E-state index contributed by atoms with van der Waals surface area (Å²) < 4.78 is 2.33. The molecule has 3 heterocycles. The molecule has 3 rings (SSSR count). The average molecular weight is 258 g/mol. The second-order valence-corrected chi connectivity index (χ2v) is 5.79. The molecule has 0 bridgehead atoms. The minimum Gasteiger partial charge on any atom is -0.316 e. The summed E-state index contributed by atoms with van der Waals surface area (Å²) in [4.78, 5) is 9.29. The Hall–Kier alpha value is -1.42. The summed E-state index contributed by atoms with van der Waals surface area (Å²) in [6, 6.07) is 4.02. The first kappa shape index (κ1) is 12.6. The van der Waals surface area contributed by atoms with Crippen LogP contribution in [0.3, 0.4) is 0 Å². The highest BCUT2D eigenvalue weighted by Gasteiger charge is 2.19. The number of piperidine rings is 1. The Morgan fingerprint density at radius 2 is 2.37 bits per heavy atom. The number of aromatic nitrogens is 3. The van der Waals surface area contributed by atoms with Gasteiger partial charge in [-0.25, -0.2) is 9.97 Å². The summed E-state index contributed by atoms with van der Waals surface area (Å²) >= 11 is 0. The van der Waals surface area contributed by atoms with E-state index in [0.29, 0.717) is 11.8 Å². The lowest BCUT2D eigenvalue weighted by atomic mass is 9.99. The van der Waals surface area contributed by atoms with E-state index in [1.54, 1.807) is 0 Å². The third-order valence-electron chi connectivity index (χ3n) is 3.89. The van der Waals surface area contributed by atoms with E-state index in [4.69, 9.17) is 4.98 Å². The molecule has 4 nitrogen and oxygen atoms in total. The van der Waals surface area contributed by atoms with Crippen molar-refractivity contribution in [1.29, 1.82) is 0 Å². The van der Waals surface area contributed by atoms with Gasteiger partial charge in [0.05, 0.1) is 0 Å². The van der Waals surface area contributed by atoms with Crippen LogP contribution in [-0.2, 0) is 6.54 Å². The zero-order chi connectivity index (χ0) is 13.2. The van der Waals surface area contributed by atoms with Gasteiger partial charge in [-0.2, -0.15) is 0 Å². The van der Waals surface area contributed by atoms with Gasteiger partial charge in [-0.3, -0.25) is 0 Å². The summed E-state index contributed by atoms with van der Waals surface area (Å²) in [5.74, 6) is 2.30. The fourth-order valence-corrected chi connectivity index (χ4v) is 2.93. The van der Waals surface area contributed by atoms with E-state index >= 15 is 0 Å². The van der Waals surface area contributed by atoms with Crippen molar-refractivity contribution < 1.29 is 0 Å². The number of nitrogens with one attached hydrogen (secondary N) is 1. The lowest BCUT2D eigenvalue weighted by Gasteiger charge is -2.24. The van der Waals surface area contributed by atoms with E-state index in [-0.39, 0.29) is 0 Å². The first-order valence-electron chi connectivity index (χ1n) is 7.27. The Morgan fingerprint density at radius 3 is 3.11 bits per heavy atom. The van der Waals surface area contributed by atoms with Crippen LogP contribution in [0.15, 0.2) is 18.3 Å². The molecule has 4 heteroatoms. The van der Waals surface area contributed by atoms with Gasteiger partial charge in [0.25, 0.3) is 0 Å². The molecule has 1 atom stereocenters. The summed E-state index contributed by atoms with van der Waals surface area (Å²) in [7, 11) is 0. The van der Waals surface area contributed by atoms with Gasteiger partial charge in [-0.1, -0.05) is 13.8 Å². The Bertz CT molecular complexity index is 552. The van der Waals surface area contributed by atoms with E-state index in [9.17, 15) is 0 Å². The highest BCUT2D eigenvalue weighted by atomic mass is 15.1. The van der Waals surface area contributed by atoms with Crippen molar-refractivity contribution >= 4 is 11.2 Å². The number of imidazole rings is 1. The summed E-state index contributed by atoms with van der Waals surface area (Å²) in [5.41, 5.74) is 2.06. The molecule has 2 aromatic heterocycles. The van der Waals surface area contributed by atoms with Crippen LogP contribution in [0.25, 0.3) is 11.2 Å². The van der Waals surface area contributed by atoms with Crippen molar-refractivity contribution in [3.63, 3.8) is 0 Å². The number of nitrogens with zero attached hydrogens (tertiary/aromatic N) is 3. The Kier molecular flexibility index (Phi) is 3.51. The molecule has 0 aromatic carbocycles. The molecular weight excluding hydrogens is 236 g/mol. The van der Waals surface area contributed by atoms with Crippen molar-refractivity contribution in [1.82, 2.24) is 19.9 Å². The molecule has 1 saturated heterocycles. The minimum absolute atomic E-state index is 0.436.